The van der Waals surface area contributed by atoms with Gasteiger partial charge in [0.25, 0.3) is 0 Å². The summed E-state index contributed by atoms with van der Waals surface area (Å²) in [5.74, 6) is 1.73. The van der Waals surface area contributed by atoms with Crippen LogP contribution in [-0.2, 0) is 17.8 Å². The first-order valence-corrected chi connectivity index (χ1v) is 9.07. The number of amides is 1. The molecule has 0 unspecified atom stereocenters. The van der Waals surface area contributed by atoms with Crippen molar-refractivity contribution in [3.63, 3.8) is 0 Å². The third-order valence-corrected chi connectivity index (χ3v) is 4.84. The zero-order chi connectivity index (χ0) is 20.1. The minimum atomic E-state index is 0.0354. The van der Waals surface area contributed by atoms with E-state index in [1.54, 1.807) is 33.3 Å². The zero-order valence-corrected chi connectivity index (χ0v) is 16.7. The molecule has 0 saturated carbocycles. The van der Waals surface area contributed by atoms with Crippen LogP contribution in [0.1, 0.15) is 11.1 Å². The van der Waals surface area contributed by atoms with Gasteiger partial charge < -0.3 is 19.1 Å². The number of methoxy groups -OCH3 is 3. The summed E-state index contributed by atoms with van der Waals surface area (Å²) in [5, 5.41) is 2.24. The van der Waals surface area contributed by atoms with Crippen LogP contribution in [0.15, 0.2) is 54.6 Å². The van der Waals surface area contributed by atoms with Crippen molar-refractivity contribution < 1.29 is 19.0 Å². The quantitative estimate of drug-likeness (QED) is 0.621. The Kier molecular flexibility index (Phi) is 6.04. The van der Waals surface area contributed by atoms with Gasteiger partial charge in [-0.15, -0.1) is 0 Å². The number of rotatable bonds is 7. The number of benzene rings is 3. The molecule has 0 atom stereocenters. The Morgan fingerprint density at radius 3 is 2.25 bits per heavy atom. The van der Waals surface area contributed by atoms with Crippen molar-refractivity contribution in [2.75, 3.05) is 28.4 Å². The lowest BCUT2D eigenvalue weighted by Gasteiger charge is -2.21. The normalized spacial score (nSPS) is 10.6. The first-order chi connectivity index (χ1) is 13.6. The molecule has 0 saturated heterocycles. The second kappa shape index (κ2) is 8.65. The molecule has 0 N–H and O–H groups in total. The fourth-order valence-corrected chi connectivity index (χ4v) is 3.38. The maximum atomic E-state index is 12.9. The Balaban J connectivity index is 1.81. The van der Waals surface area contributed by atoms with Gasteiger partial charge in [0.15, 0.2) is 11.5 Å². The molecule has 0 aromatic heterocycles. The highest BCUT2D eigenvalue weighted by Gasteiger charge is 2.19. The number of hydrogen-bond donors (Lipinski definition) is 0. The van der Waals surface area contributed by atoms with Crippen LogP contribution in [0.5, 0.6) is 17.2 Å². The van der Waals surface area contributed by atoms with E-state index in [9.17, 15) is 4.79 Å². The Hall–Kier alpha value is -3.21. The Morgan fingerprint density at radius 1 is 0.821 bits per heavy atom. The molecule has 5 heteroatoms. The summed E-state index contributed by atoms with van der Waals surface area (Å²) >= 11 is 0. The number of nitrogens with zero attached hydrogens (tertiary/aromatic N) is 1. The van der Waals surface area contributed by atoms with E-state index in [0.717, 1.165) is 21.9 Å². The van der Waals surface area contributed by atoms with Crippen molar-refractivity contribution in [3.05, 3.63) is 65.7 Å². The summed E-state index contributed by atoms with van der Waals surface area (Å²) < 4.78 is 16.3. The molecule has 3 aromatic rings. The van der Waals surface area contributed by atoms with E-state index in [2.05, 4.69) is 18.2 Å². The number of likely N-dealkylation sites (N-methyl/N-ethyl adjacent to an activating group) is 1. The summed E-state index contributed by atoms with van der Waals surface area (Å²) in [4.78, 5) is 14.6. The molecule has 0 spiro atoms. The van der Waals surface area contributed by atoms with Crippen molar-refractivity contribution in [2.24, 2.45) is 0 Å². The second-order valence-electron chi connectivity index (χ2n) is 6.56. The van der Waals surface area contributed by atoms with Gasteiger partial charge in [-0.2, -0.15) is 0 Å². The van der Waals surface area contributed by atoms with E-state index in [-0.39, 0.29) is 5.91 Å². The molecular weight excluding hydrogens is 354 g/mol. The maximum absolute atomic E-state index is 12.9. The molecule has 0 aliphatic carbocycles. The molecule has 0 aliphatic rings. The summed E-state index contributed by atoms with van der Waals surface area (Å²) in [6.45, 7) is 0.410. The van der Waals surface area contributed by atoms with E-state index < -0.39 is 0 Å². The molecule has 0 radical (unpaired) electrons. The smallest absolute Gasteiger partial charge is 0.227 e. The first-order valence-electron chi connectivity index (χ1n) is 9.07. The minimum Gasteiger partial charge on any atom is -0.493 e. The molecule has 28 heavy (non-hydrogen) atoms. The maximum Gasteiger partial charge on any atom is 0.227 e. The standard InChI is InChI=1S/C23H25NO4/c1-24(15-18-12-13-20(26-2)23(28-4)22(18)27-3)21(25)14-17-10-7-9-16-8-5-6-11-19(16)17/h5-13H,14-15H2,1-4H3. The lowest BCUT2D eigenvalue weighted by molar-refractivity contribution is -0.129. The van der Waals surface area contributed by atoms with Gasteiger partial charge in [-0.05, 0) is 28.5 Å². The molecule has 3 aromatic carbocycles. The van der Waals surface area contributed by atoms with Crippen LogP contribution in [0.25, 0.3) is 10.8 Å². The number of hydrogen-bond acceptors (Lipinski definition) is 4. The summed E-state index contributed by atoms with van der Waals surface area (Å²) in [6, 6.07) is 17.9. The Labute approximate surface area is 165 Å². The number of fused-ring (bicyclic) bond motifs is 1. The SMILES string of the molecule is COc1ccc(CN(C)C(=O)Cc2cccc3ccccc23)c(OC)c1OC. The average Bonchev–Trinajstić information content (AvgIpc) is 2.73. The fraction of sp³-hybridized carbons (Fsp3) is 0.261. The molecule has 0 aliphatic heterocycles. The van der Waals surface area contributed by atoms with Crippen LogP contribution in [-0.4, -0.2) is 39.2 Å². The highest BCUT2D eigenvalue weighted by atomic mass is 16.5. The van der Waals surface area contributed by atoms with Crippen molar-refractivity contribution in [1.29, 1.82) is 0 Å². The highest BCUT2D eigenvalue weighted by molar-refractivity contribution is 5.90. The van der Waals surface area contributed by atoms with Crippen molar-refractivity contribution in [3.8, 4) is 17.2 Å². The third-order valence-electron chi connectivity index (χ3n) is 4.84. The summed E-state index contributed by atoms with van der Waals surface area (Å²) in [7, 11) is 6.53. The van der Waals surface area contributed by atoms with Crippen molar-refractivity contribution in [2.45, 2.75) is 13.0 Å². The Bertz CT molecular complexity index is 978. The molecular formula is C23H25NO4. The molecule has 3 rings (SSSR count). The number of ether oxygens (including phenoxy) is 3. The molecule has 0 heterocycles. The van der Waals surface area contributed by atoms with E-state index in [4.69, 9.17) is 14.2 Å². The van der Waals surface area contributed by atoms with E-state index in [0.29, 0.717) is 30.2 Å². The molecule has 5 nitrogen and oxygen atoms in total. The molecule has 146 valence electrons. The predicted octanol–water partition coefficient (Wildman–Crippen LogP) is 4.07. The fourth-order valence-electron chi connectivity index (χ4n) is 3.38. The minimum absolute atomic E-state index is 0.0354. The van der Waals surface area contributed by atoms with Gasteiger partial charge in [-0.1, -0.05) is 42.5 Å². The van der Waals surface area contributed by atoms with Crippen molar-refractivity contribution in [1.82, 2.24) is 4.90 Å². The van der Waals surface area contributed by atoms with Gasteiger partial charge in [0.2, 0.25) is 11.7 Å². The molecule has 0 bridgehead atoms. The van der Waals surface area contributed by atoms with Crippen LogP contribution in [0.4, 0.5) is 0 Å². The molecule has 1 amide bonds. The van der Waals surface area contributed by atoms with Crippen LogP contribution >= 0.6 is 0 Å². The topological polar surface area (TPSA) is 48.0 Å². The zero-order valence-electron chi connectivity index (χ0n) is 16.7. The largest absolute Gasteiger partial charge is 0.493 e. The predicted molar refractivity (Wildman–Crippen MR) is 110 cm³/mol. The monoisotopic (exact) mass is 379 g/mol. The van der Waals surface area contributed by atoms with Crippen LogP contribution in [0.2, 0.25) is 0 Å². The third kappa shape index (κ3) is 3.88. The lowest BCUT2D eigenvalue weighted by atomic mass is 10.0. The number of carbonyl (C=O) groups excluding carboxylic acids is 1. The van der Waals surface area contributed by atoms with Gasteiger partial charge in [-0.25, -0.2) is 0 Å². The molecule has 0 fully saturated rings. The van der Waals surface area contributed by atoms with Crippen LogP contribution in [0, 0.1) is 0 Å². The lowest BCUT2D eigenvalue weighted by Crippen LogP contribution is -2.28. The average molecular weight is 379 g/mol. The first kappa shape index (κ1) is 19.5. The second-order valence-corrected chi connectivity index (χ2v) is 6.56. The van der Waals surface area contributed by atoms with Gasteiger partial charge in [0.05, 0.1) is 27.8 Å². The van der Waals surface area contributed by atoms with Gasteiger partial charge >= 0.3 is 0 Å². The van der Waals surface area contributed by atoms with Crippen LogP contribution in [0.3, 0.4) is 0 Å². The van der Waals surface area contributed by atoms with Gasteiger partial charge in [0.1, 0.15) is 0 Å². The van der Waals surface area contributed by atoms with E-state index in [1.165, 1.54) is 0 Å². The summed E-state index contributed by atoms with van der Waals surface area (Å²) in [5.41, 5.74) is 1.88. The van der Waals surface area contributed by atoms with Gasteiger partial charge in [0, 0.05) is 19.2 Å². The van der Waals surface area contributed by atoms with E-state index >= 15 is 0 Å². The highest BCUT2D eigenvalue weighted by Crippen LogP contribution is 2.40. The van der Waals surface area contributed by atoms with Crippen molar-refractivity contribution >= 4 is 16.7 Å². The summed E-state index contributed by atoms with van der Waals surface area (Å²) in [6.07, 6.45) is 0.341. The Morgan fingerprint density at radius 2 is 1.54 bits per heavy atom. The van der Waals surface area contributed by atoms with Gasteiger partial charge in [-0.3, -0.25) is 4.79 Å². The van der Waals surface area contributed by atoms with E-state index in [1.807, 2.05) is 36.4 Å². The van der Waals surface area contributed by atoms with Crippen LogP contribution < -0.4 is 14.2 Å². The number of carbonyl (C=O) groups is 1.